The van der Waals surface area contributed by atoms with E-state index in [-0.39, 0.29) is 18.1 Å². The topological polar surface area (TPSA) is 88.2 Å². The summed E-state index contributed by atoms with van der Waals surface area (Å²) in [5, 5.41) is 3.55. The maximum atomic E-state index is 13.1. The fourth-order valence-electron chi connectivity index (χ4n) is 3.96. The van der Waals surface area contributed by atoms with Crippen LogP contribution in [0.3, 0.4) is 0 Å². The molecule has 1 aliphatic heterocycles. The van der Waals surface area contributed by atoms with E-state index in [0.717, 1.165) is 40.3 Å². The molecule has 0 atom stereocenters. The average Bonchev–Trinajstić information content (AvgIpc) is 3.28. The number of nitrogens with two attached hydrogens (primary N) is 1. The largest absolute Gasteiger partial charge is 0.383 e. The monoisotopic (exact) mass is 462 g/mol. The standard InChI is InChI=1S/C24H23FN6OS/c25-17-7-5-16(6-8-17)24-27-18(15-33-24)13-22(32)31-11-9-30(10-12-31)14-21-28-20-4-2-1-3-19(20)23(26)29-21/h1-8,15H,9-14H2,(H2,26,28,29). The minimum Gasteiger partial charge on any atom is -0.383 e. The summed E-state index contributed by atoms with van der Waals surface area (Å²) in [6.07, 6.45) is 0.266. The van der Waals surface area contributed by atoms with Gasteiger partial charge in [-0.2, -0.15) is 0 Å². The van der Waals surface area contributed by atoms with Crippen molar-refractivity contribution in [2.24, 2.45) is 0 Å². The Balaban J connectivity index is 1.16. The Labute approximate surface area is 194 Å². The van der Waals surface area contributed by atoms with Crippen LogP contribution in [0.15, 0.2) is 53.9 Å². The quantitative estimate of drug-likeness (QED) is 0.489. The molecule has 3 heterocycles. The van der Waals surface area contributed by atoms with Crippen LogP contribution in [-0.4, -0.2) is 56.8 Å². The van der Waals surface area contributed by atoms with Crippen molar-refractivity contribution in [1.82, 2.24) is 24.8 Å². The number of hydrogen-bond donors (Lipinski definition) is 1. The fourth-order valence-corrected chi connectivity index (χ4v) is 4.78. The molecule has 0 spiro atoms. The highest BCUT2D eigenvalue weighted by molar-refractivity contribution is 7.13. The minimum atomic E-state index is -0.277. The second kappa shape index (κ2) is 9.21. The maximum Gasteiger partial charge on any atom is 0.228 e. The number of thiazole rings is 1. The summed E-state index contributed by atoms with van der Waals surface area (Å²) in [4.78, 5) is 30.6. The average molecular weight is 463 g/mol. The zero-order valence-electron chi connectivity index (χ0n) is 17.9. The molecule has 33 heavy (non-hydrogen) atoms. The number of carbonyl (C=O) groups excluding carboxylic acids is 1. The number of fused-ring (bicyclic) bond motifs is 1. The number of aromatic nitrogens is 3. The van der Waals surface area contributed by atoms with Crippen molar-refractivity contribution in [1.29, 1.82) is 0 Å². The third kappa shape index (κ3) is 4.84. The van der Waals surface area contributed by atoms with E-state index in [1.165, 1.54) is 23.5 Å². The van der Waals surface area contributed by atoms with E-state index in [0.29, 0.717) is 31.3 Å². The molecule has 0 unspecified atom stereocenters. The van der Waals surface area contributed by atoms with Crippen molar-refractivity contribution < 1.29 is 9.18 Å². The van der Waals surface area contributed by atoms with Crippen LogP contribution in [0.1, 0.15) is 11.5 Å². The van der Waals surface area contributed by atoms with Crippen LogP contribution in [0.25, 0.3) is 21.5 Å². The fraction of sp³-hybridized carbons (Fsp3) is 0.250. The predicted octanol–water partition coefficient (Wildman–Crippen LogP) is 3.36. The number of para-hydroxylation sites is 1. The van der Waals surface area contributed by atoms with Gasteiger partial charge in [0.2, 0.25) is 5.91 Å². The predicted molar refractivity (Wildman–Crippen MR) is 127 cm³/mol. The normalized spacial score (nSPS) is 14.6. The Morgan fingerprint density at radius 1 is 1.00 bits per heavy atom. The molecule has 7 nitrogen and oxygen atoms in total. The Morgan fingerprint density at radius 2 is 1.76 bits per heavy atom. The van der Waals surface area contributed by atoms with Gasteiger partial charge in [-0.25, -0.2) is 19.3 Å². The Kier molecular flexibility index (Phi) is 5.97. The van der Waals surface area contributed by atoms with E-state index in [1.54, 1.807) is 12.1 Å². The number of anilines is 1. The summed E-state index contributed by atoms with van der Waals surface area (Å²) in [7, 11) is 0. The molecular formula is C24H23FN6OS. The van der Waals surface area contributed by atoms with Crippen LogP contribution in [-0.2, 0) is 17.8 Å². The smallest absolute Gasteiger partial charge is 0.228 e. The van der Waals surface area contributed by atoms with E-state index < -0.39 is 0 Å². The molecular weight excluding hydrogens is 439 g/mol. The van der Waals surface area contributed by atoms with Gasteiger partial charge in [0.05, 0.1) is 24.2 Å². The van der Waals surface area contributed by atoms with Crippen LogP contribution in [0.2, 0.25) is 0 Å². The number of hydrogen-bond acceptors (Lipinski definition) is 7. The molecule has 0 aliphatic carbocycles. The maximum absolute atomic E-state index is 13.1. The van der Waals surface area contributed by atoms with E-state index in [1.807, 2.05) is 34.5 Å². The molecule has 1 aliphatic rings. The van der Waals surface area contributed by atoms with Gasteiger partial charge in [-0.15, -0.1) is 11.3 Å². The van der Waals surface area contributed by atoms with E-state index in [2.05, 4.69) is 19.9 Å². The number of rotatable bonds is 5. The molecule has 2 N–H and O–H groups in total. The molecule has 4 aromatic rings. The van der Waals surface area contributed by atoms with Crippen LogP contribution in [0, 0.1) is 5.82 Å². The van der Waals surface area contributed by atoms with Gasteiger partial charge < -0.3 is 10.6 Å². The lowest BCUT2D eigenvalue weighted by Crippen LogP contribution is -2.48. The van der Waals surface area contributed by atoms with Crippen molar-refractivity contribution in [3.05, 3.63) is 71.2 Å². The summed E-state index contributed by atoms with van der Waals surface area (Å²) in [6.45, 7) is 3.40. The number of nitrogen functional groups attached to an aromatic ring is 1. The molecule has 1 fully saturated rings. The van der Waals surface area contributed by atoms with Gasteiger partial charge in [-0.05, 0) is 36.4 Å². The minimum absolute atomic E-state index is 0.0665. The van der Waals surface area contributed by atoms with Gasteiger partial charge in [-0.3, -0.25) is 9.69 Å². The lowest BCUT2D eigenvalue weighted by atomic mass is 10.2. The van der Waals surface area contributed by atoms with Gasteiger partial charge in [0.1, 0.15) is 22.5 Å². The highest BCUT2D eigenvalue weighted by atomic mass is 32.1. The molecule has 0 bridgehead atoms. The molecule has 9 heteroatoms. The van der Waals surface area contributed by atoms with Gasteiger partial charge in [-0.1, -0.05) is 12.1 Å². The van der Waals surface area contributed by atoms with Crippen LogP contribution in [0.4, 0.5) is 10.2 Å². The molecule has 1 saturated heterocycles. The molecule has 1 amide bonds. The van der Waals surface area contributed by atoms with Crippen molar-refractivity contribution in [3.63, 3.8) is 0 Å². The lowest BCUT2D eigenvalue weighted by Gasteiger charge is -2.34. The van der Waals surface area contributed by atoms with Crippen LogP contribution in [0.5, 0.6) is 0 Å². The molecule has 0 radical (unpaired) electrons. The Morgan fingerprint density at radius 3 is 2.55 bits per heavy atom. The third-order valence-electron chi connectivity index (χ3n) is 5.74. The highest BCUT2D eigenvalue weighted by Gasteiger charge is 2.23. The van der Waals surface area contributed by atoms with E-state index in [4.69, 9.17) is 5.73 Å². The molecule has 0 saturated carbocycles. The first kappa shape index (κ1) is 21.4. The zero-order valence-corrected chi connectivity index (χ0v) is 18.8. The number of halogens is 1. The summed E-state index contributed by atoms with van der Waals surface area (Å²) in [6, 6.07) is 14.0. The molecule has 2 aromatic carbocycles. The zero-order chi connectivity index (χ0) is 22.8. The number of piperazine rings is 1. The Bertz CT molecular complexity index is 1280. The van der Waals surface area contributed by atoms with Gasteiger partial charge in [0, 0.05) is 42.5 Å². The van der Waals surface area contributed by atoms with Crippen LogP contribution < -0.4 is 5.73 Å². The summed E-state index contributed by atoms with van der Waals surface area (Å²) in [5.41, 5.74) is 8.54. The SMILES string of the molecule is Nc1nc(CN2CCN(C(=O)Cc3csc(-c4ccc(F)cc4)n3)CC2)nc2ccccc12. The van der Waals surface area contributed by atoms with Gasteiger partial charge in [0.15, 0.2) is 0 Å². The first-order chi connectivity index (χ1) is 16.0. The summed E-state index contributed by atoms with van der Waals surface area (Å²) in [5.74, 6) is 0.978. The number of nitrogens with zero attached hydrogens (tertiary/aromatic N) is 5. The van der Waals surface area contributed by atoms with E-state index >= 15 is 0 Å². The second-order valence-corrected chi connectivity index (χ2v) is 8.88. The first-order valence-corrected chi connectivity index (χ1v) is 11.6. The van der Waals surface area contributed by atoms with Crippen molar-refractivity contribution in [2.75, 3.05) is 31.9 Å². The highest BCUT2D eigenvalue weighted by Crippen LogP contribution is 2.24. The number of carbonyl (C=O) groups is 1. The molecule has 5 rings (SSSR count). The van der Waals surface area contributed by atoms with Crippen LogP contribution >= 0.6 is 11.3 Å². The lowest BCUT2D eigenvalue weighted by molar-refractivity contribution is -0.132. The van der Waals surface area contributed by atoms with Gasteiger partial charge in [0.25, 0.3) is 0 Å². The summed E-state index contributed by atoms with van der Waals surface area (Å²) < 4.78 is 13.1. The summed E-state index contributed by atoms with van der Waals surface area (Å²) >= 11 is 1.46. The first-order valence-electron chi connectivity index (χ1n) is 10.8. The third-order valence-corrected chi connectivity index (χ3v) is 6.68. The Hall–Kier alpha value is -3.43. The van der Waals surface area contributed by atoms with Crippen molar-refractivity contribution >= 4 is 34.0 Å². The second-order valence-electron chi connectivity index (χ2n) is 8.03. The molecule has 2 aromatic heterocycles. The van der Waals surface area contributed by atoms with Crippen molar-refractivity contribution in [3.8, 4) is 10.6 Å². The van der Waals surface area contributed by atoms with E-state index in [9.17, 15) is 9.18 Å². The number of benzene rings is 2. The van der Waals surface area contributed by atoms with Gasteiger partial charge >= 0.3 is 0 Å². The number of amides is 1. The van der Waals surface area contributed by atoms with Crippen molar-refractivity contribution in [2.45, 2.75) is 13.0 Å². The molecule has 168 valence electrons.